The van der Waals surface area contributed by atoms with E-state index in [4.69, 9.17) is 4.74 Å². The fourth-order valence-electron chi connectivity index (χ4n) is 1.40. The van der Waals surface area contributed by atoms with Crippen LogP contribution in [-0.4, -0.2) is 66.1 Å². The van der Waals surface area contributed by atoms with Crippen LogP contribution in [0, 0.1) is 0 Å². The van der Waals surface area contributed by atoms with Crippen molar-refractivity contribution in [3.8, 4) is 0 Å². The molecule has 1 rings (SSSR count). The first kappa shape index (κ1) is 18.4. The molecule has 18 heavy (non-hydrogen) atoms. The summed E-state index contributed by atoms with van der Waals surface area (Å²) in [6, 6.07) is 0. The van der Waals surface area contributed by atoms with Crippen molar-refractivity contribution >= 4 is 10.1 Å². The zero-order valence-corrected chi connectivity index (χ0v) is 12.6. The number of methoxy groups -OCH3 is 1. The van der Waals surface area contributed by atoms with Crippen molar-refractivity contribution in [2.45, 2.75) is 30.7 Å². The van der Waals surface area contributed by atoms with Gasteiger partial charge in [0.1, 0.15) is 34.5 Å². The summed E-state index contributed by atoms with van der Waals surface area (Å²) in [4.78, 5) is 0. The molecule has 5 atom stereocenters. The second-order valence-corrected chi connectivity index (χ2v) is 4.76. The van der Waals surface area contributed by atoms with Crippen LogP contribution in [0.4, 0.5) is 0 Å². The predicted molar refractivity (Wildman–Crippen MR) is 52.5 cm³/mol. The summed E-state index contributed by atoms with van der Waals surface area (Å²) in [6.45, 7) is 0. The van der Waals surface area contributed by atoms with E-state index in [9.17, 15) is 28.3 Å². The van der Waals surface area contributed by atoms with Gasteiger partial charge in [0.15, 0.2) is 6.29 Å². The molecule has 1 aliphatic rings. The molecule has 1 aliphatic heterocycles. The van der Waals surface area contributed by atoms with Gasteiger partial charge in [-0.25, -0.2) is 8.42 Å². The third kappa shape index (κ3) is 4.85. The molecule has 1 fully saturated rings. The molecule has 0 aliphatic carbocycles. The van der Waals surface area contributed by atoms with Crippen molar-refractivity contribution in [1.82, 2.24) is 0 Å². The van der Waals surface area contributed by atoms with Crippen molar-refractivity contribution in [2.24, 2.45) is 0 Å². The van der Waals surface area contributed by atoms with Crippen LogP contribution in [0.5, 0.6) is 0 Å². The number of hydrogen-bond donors (Lipinski definition) is 3. The van der Waals surface area contributed by atoms with Crippen molar-refractivity contribution in [1.29, 1.82) is 0 Å². The minimum Gasteiger partial charge on any atom is -0.744 e. The van der Waals surface area contributed by atoms with Crippen LogP contribution in [0.3, 0.4) is 0 Å². The Morgan fingerprint density at radius 3 is 2.22 bits per heavy atom. The first-order valence-corrected chi connectivity index (χ1v) is 6.10. The van der Waals surface area contributed by atoms with E-state index in [1.807, 2.05) is 0 Å². The summed E-state index contributed by atoms with van der Waals surface area (Å²) >= 11 is 0. The molecular weight excluding hydrogens is 279 g/mol. The average Bonchev–Trinajstić information content (AvgIpc) is 2.24. The molecule has 0 saturated carbocycles. The molecule has 0 bridgehead atoms. The summed E-state index contributed by atoms with van der Waals surface area (Å²) in [7, 11) is -3.41. The van der Waals surface area contributed by atoms with Gasteiger partial charge in [0.2, 0.25) is 0 Å². The molecule has 3 N–H and O–H groups in total. The van der Waals surface area contributed by atoms with E-state index in [1.165, 1.54) is 7.11 Å². The Bertz CT molecular complexity index is 381. The second-order valence-electron chi connectivity index (χ2n) is 3.50. The minimum atomic E-state index is -4.61. The molecule has 0 aromatic carbocycles. The maximum atomic E-state index is 10.4. The van der Waals surface area contributed by atoms with Gasteiger partial charge >= 0.3 is 29.6 Å². The molecule has 0 aromatic heterocycles. The summed E-state index contributed by atoms with van der Waals surface area (Å²) < 4.78 is 40.7. The molecule has 8 nitrogen and oxygen atoms in total. The standard InChI is InChI=1S/C8H14O8S.Na/c1-15-8-7(11)6(10)5(9)4(16-8)2-3-17(12,13)14;/h2-11H,1H3,(H,12,13,14);/q;+1/p-1/b3-2+;/t4-,5-,6+,7+,8+;/m1./s1. The first-order valence-electron chi connectivity index (χ1n) is 4.63. The van der Waals surface area contributed by atoms with Crippen LogP contribution in [0.1, 0.15) is 0 Å². The van der Waals surface area contributed by atoms with Gasteiger partial charge in [-0.3, -0.25) is 0 Å². The van der Waals surface area contributed by atoms with Gasteiger partial charge in [0.05, 0.1) is 0 Å². The Morgan fingerprint density at radius 1 is 1.22 bits per heavy atom. The van der Waals surface area contributed by atoms with E-state index in [0.29, 0.717) is 5.41 Å². The van der Waals surface area contributed by atoms with Gasteiger partial charge < -0.3 is 29.3 Å². The van der Waals surface area contributed by atoms with Crippen LogP contribution >= 0.6 is 0 Å². The number of aliphatic hydroxyl groups is 3. The minimum absolute atomic E-state index is 0. The van der Waals surface area contributed by atoms with Crippen LogP contribution in [0.25, 0.3) is 0 Å². The summed E-state index contributed by atoms with van der Waals surface area (Å²) in [5.74, 6) is 0. The SMILES string of the molecule is CO[C@H]1O[C@H](/C=C/S(=O)(=O)[O-])[C@@H](O)[C@H](O)[C@@H]1O.[Na+]. The van der Waals surface area contributed by atoms with Crippen LogP contribution in [0.15, 0.2) is 11.5 Å². The van der Waals surface area contributed by atoms with Crippen molar-refractivity contribution in [2.75, 3.05) is 7.11 Å². The van der Waals surface area contributed by atoms with Crippen LogP contribution < -0.4 is 29.6 Å². The topological polar surface area (TPSA) is 136 Å². The number of aliphatic hydroxyl groups excluding tert-OH is 3. The third-order valence-electron chi connectivity index (χ3n) is 2.27. The molecule has 0 unspecified atom stereocenters. The molecule has 1 saturated heterocycles. The predicted octanol–water partition coefficient (Wildman–Crippen LogP) is -5.50. The third-order valence-corrected chi connectivity index (χ3v) is 2.76. The Labute approximate surface area is 126 Å². The molecular formula is C8H13NaO8S. The molecule has 0 spiro atoms. The van der Waals surface area contributed by atoms with Crippen LogP contribution in [0.2, 0.25) is 0 Å². The van der Waals surface area contributed by atoms with E-state index in [0.717, 1.165) is 6.08 Å². The van der Waals surface area contributed by atoms with E-state index in [1.54, 1.807) is 0 Å². The Morgan fingerprint density at radius 2 is 1.78 bits per heavy atom. The summed E-state index contributed by atoms with van der Waals surface area (Å²) in [5, 5.41) is 28.6. The zero-order valence-electron chi connectivity index (χ0n) is 9.83. The number of rotatable bonds is 3. The van der Waals surface area contributed by atoms with Gasteiger partial charge in [-0.2, -0.15) is 0 Å². The van der Waals surface area contributed by atoms with Crippen molar-refractivity contribution in [3.05, 3.63) is 11.5 Å². The van der Waals surface area contributed by atoms with Gasteiger partial charge in [0, 0.05) is 12.5 Å². The van der Waals surface area contributed by atoms with Gasteiger partial charge in [-0.1, -0.05) is 0 Å². The summed E-state index contributed by atoms with van der Waals surface area (Å²) in [5.41, 5.74) is 0. The van der Waals surface area contributed by atoms with Gasteiger partial charge in [-0.05, 0) is 6.08 Å². The second kappa shape index (κ2) is 7.29. The molecule has 0 radical (unpaired) electrons. The van der Waals surface area contributed by atoms with E-state index in [2.05, 4.69) is 4.74 Å². The number of hydrogen-bond acceptors (Lipinski definition) is 8. The maximum Gasteiger partial charge on any atom is 1.00 e. The normalized spacial score (nSPS) is 37.5. The molecule has 100 valence electrons. The molecule has 10 heteroatoms. The average molecular weight is 292 g/mol. The fraction of sp³-hybridized carbons (Fsp3) is 0.750. The molecule has 0 aromatic rings. The van der Waals surface area contributed by atoms with Gasteiger partial charge in [-0.15, -0.1) is 0 Å². The van der Waals surface area contributed by atoms with E-state index in [-0.39, 0.29) is 29.6 Å². The smallest absolute Gasteiger partial charge is 0.744 e. The molecule has 0 amide bonds. The Balaban J connectivity index is 0.00000289. The van der Waals surface area contributed by atoms with E-state index < -0.39 is 40.8 Å². The zero-order chi connectivity index (χ0) is 13.2. The molecule has 1 heterocycles. The Hall–Kier alpha value is 0.450. The largest absolute Gasteiger partial charge is 1.00 e. The fourth-order valence-corrected chi connectivity index (χ4v) is 1.75. The van der Waals surface area contributed by atoms with Gasteiger partial charge in [0.25, 0.3) is 0 Å². The number of ether oxygens (including phenoxy) is 2. The van der Waals surface area contributed by atoms with E-state index >= 15 is 0 Å². The quantitative estimate of drug-likeness (QED) is 0.346. The summed E-state index contributed by atoms with van der Waals surface area (Å²) in [6.07, 6.45) is -6.30. The van der Waals surface area contributed by atoms with Crippen molar-refractivity contribution in [3.63, 3.8) is 0 Å². The monoisotopic (exact) mass is 292 g/mol. The first-order chi connectivity index (χ1) is 7.76. The Kier molecular flexibility index (Phi) is 7.47. The van der Waals surface area contributed by atoms with Crippen LogP contribution in [-0.2, 0) is 19.6 Å². The maximum absolute atomic E-state index is 10.4. The van der Waals surface area contributed by atoms with Crippen molar-refractivity contribution < 1.29 is 67.3 Å².